The third-order valence-corrected chi connectivity index (χ3v) is 6.10. The van der Waals surface area contributed by atoms with Crippen molar-refractivity contribution < 1.29 is 9.59 Å². The number of amides is 2. The Morgan fingerprint density at radius 2 is 1.96 bits per heavy atom. The van der Waals surface area contributed by atoms with Gasteiger partial charge in [-0.05, 0) is 46.6 Å². The summed E-state index contributed by atoms with van der Waals surface area (Å²) in [6.07, 6.45) is 4.73. The molecule has 3 aliphatic rings. The minimum Gasteiger partial charge on any atom is -0.353 e. The molecule has 24 heavy (non-hydrogen) atoms. The summed E-state index contributed by atoms with van der Waals surface area (Å²) in [5, 5.41) is 3.13. The molecule has 3 atom stereocenters. The lowest BCUT2D eigenvalue weighted by molar-refractivity contribution is -0.130. The normalized spacial score (nSPS) is 32.1. The predicted octanol–water partition coefficient (Wildman–Crippen LogP) is 0.671. The molecule has 3 rings (SSSR count). The van der Waals surface area contributed by atoms with Gasteiger partial charge in [-0.25, -0.2) is 0 Å². The Kier molecular flexibility index (Phi) is 5.45. The summed E-state index contributed by atoms with van der Waals surface area (Å²) >= 11 is 0. The van der Waals surface area contributed by atoms with Gasteiger partial charge in [0.25, 0.3) is 0 Å². The number of likely N-dealkylation sites (N-methyl/N-ethyl adjacent to an activating group) is 1. The molecule has 0 spiro atoms. The van der Waals surface area contributed by atoms with Gasteiger partial charge in [0.2, 0.25) is 11.8 Å². The Balaban J connectivity index is 1.61. The van der Waals surface area contributed by atoms with Crippen LogP contribution in [0.2, 0.25) is 0 Å². The van der Waals surface area contributed by atoms with Crippen LogP contribution in [0.1, 0.15) is 46.0 Å². The highest BCUT2D eigenvalue weighted by atomic mass is 16.2. The molecule has 0 bridgehead atoms. The third kappa shape index (κ3) is 3.45. The molecule has 6 nitrogen and oxygen atoms in total. The molecule has 0 saturated carbocycles. The highest BCUT2D eigenvalue weighted by molar-refractivity contribution is 5.83. The standard InChI is InChI=1S/C18H32N4O2/c1-13(2)22-11-8-15-17(22)18(24)19-12-14(20(15)3)6-7-16(23)21-9-4-5-10-21/h13-15,17H,4-12H2,1-3H3,(H,19,24). The number of likely N-dealkylation sites (tertiary alicyclic amines) is 2. The van der Waals surface area contributed by atoms with Gasteiger partial charge in [0.05, 0.1) is 0 Å². The van der Waals surface area contributed by atoms with Crippen molar-refractivity contribution in [2.75, 3.05) is 33.2 Å². The van der Waals surface area contributed by atoms with E-state index in [-0.39, 0.29) is 29.9 Å². The number of hydrogen-bond acceptors (Lipinski definition) is 4. The first kappa shape index (κ1) is 17.7. The smallest absolute Gasteiger partial charge is 0.239 e. The quantitative estimate of drug-likeness (QED) is 0.820. The van der Waals surface area contributed by atoms with E-state index in [9.17, 15) is 9.59 Å². The van der Waals surface area contributed by atoms with Crippen molar-refractivity contribution in [2.45, 2.75) is 70.1 Å². The first-order valence-corrected chi connectivity index (χ1v) is 9.52. The molecular weight excluding hydrogens is 304 g/mol. The van der Waals surface area contributed by atoms with E-state index in [1.807, 2.05) is 4.90 Å². The summed E-state index contributed by atoms with van der Waals surface area (Å²) in [5.41, 5.74) is 0. The van der Waals surface area contributed by atoms with Crippen LogP contribution in [-0.4, -0.2) is 83.9 Å². The van der Waals surface area contributed by atoms with E-state index in [2.05, 4.69) is 36.0 Å². The molecule has 3 saturated heterocycles. The van der Waals surface area contributed by atoms with Crippen LogP contribution in [0.25, 0.3) is 0 Å². The van der Waals surface area contributed by atoms with E-state index in [1.54, 1.807) is 0 Å². The van der Waals surface area contributed by atoms with Gasteiger partial charge in [-0.15, -0.1) is 0 Å². The van der Waals surface area contributed by atoms with Crippen molar-refractivity contribution in [1.29, 1.82) is 0 Å². The molecule has 0 radical (unpaired) electrons. The molecular formula is C18H32N4O2. The van der Waals surface area contributed by atoms with Gasteiger partial charge in [-0.3, -0.25) is 19.4 Å². The second-order valence-corrected chi connectivity index (χ2v) is 7.82. The first-order chi connectivity index (χ1) is 11.5. The Bertz CT molecular complexity index is 476. The summed E-state index contributed by atoms with van der Waals surface area (Å²) in [5.74, 6) is 0.440. The van der Waals surface area contributed by atoms with E-state index in [1.165, 1.54) is 0 Å². The van der Waals surface area contributed by atoms with Crippen molar-refractivity contribution in [2.24, 2.45) is 0 Å². The van der Waals surface area contributed by atoms with E-state index >= 15 is 0 Å². The average Bonchev–Trinajstić information content (AvgIpc) is 3.21. The van der Waals surface area contributed by atoms with Crippen LogP contribution in [0.5, 0.6) is 0 Å². The first-order valence-electron chi connectivity index (χ1n) is 9.52. The van der Waals surface area contributed by atoms with E-state index in [0.717, 1.165) is 45.3 Å². The Morgan fingerprint density at radius 1 is 1.25 bits per heavy atom. The number of nitrogens with zero attached hydrogens (tertiary/aromatic N) is 3. The maximum atomic E-state index is 12.6. The fourth-order valence-electron chi connectivity index (χ4n) is 4.59. The van der Waals surface area contributed by atoms with Crippen LogP contribution < -0.4 is 5.32 Å². The van der Waals surface area contributed by atoms with Gasteiger partial charge in [-0.2, -0.15) is 0 Å². The number of carbonyl (C=O) groups excluding carboxylic acids is 2. The highest BCUT2D eigenvalue weighted by Gasteiger charge is 2.45. The van der Waals surface area contributed by atoms with Crippen molar-refractivity contribution in [3.8, 4) is 0 Å². The van der Waals surface area contributed by atoms with Crippen LogP contribution in [0, 0.1) is 0 Å². The molecule has 6 heteroatoms. The molecule has 0 aromatic heterocycles. The molecule has 3 aliphatic heterocycles. The van der Waals surface area contributed by atoms with Crippen LogP contribution >= 0.6 is 0 Å². The summed E-state index contributed by atoms with van der Waals surface area (Å²) < 4.78 is 0. The van der Waals surface area contributed by atoms with Crippen molar-refractivity contribution in [3.63, 3.8) is 0 Å². The number of nitrogens with one attached hydrogen (secondary N) is 1. The molecule has 0 aromatic rings. The number of hydrogen-bond donors (Lipinski definition) is 1. The molecule has 2 amide bonds. The maximum Gasteiger partial charge on any atom is 0.239 e. The lowest BCUT2D eigenvalue weighted by atomic mass is 10.0. The zero-order chi connectivity index (χ0) is 17.3. The van der Waals surface area contributed by atoms with Crippen molar-refractivity contribution in [3.05, 3.63) is 0 Å². The van der Waals surface area contributed by atoms with E-state index < -0.39 is 0 Å². The molecule has 1 N–H and O–H groups in total. The SMILES string of the molecule is CC(C)N1CCC2C1C(=O)NCC(CCC(=O)N1CCCC1)N2C. The summed E-state index contributed by atoms with van der Waals surface area (Å²) in [7, 11) is 2.13. The maximum absolute atomic E-state index is 12.6. The van der Waals surface area contributed by atoms with Crippen LogP contribution in [0.15, 0.2) is 0 Å². The molecule has 0 aliphatic carbocycles. The lowest BCUT2D eigenvalue weighted by Gasteiger charge is -2.34. The fraction of sp³-hybridized carbons (Fsp3) is 0.889. The number of fused-ring (bicyclic) bond motifs is 1. The van der Waals surface area contributed by atoms with Gasteiger partial charge < -0.3 is 10.2 Å². The zero-order valence-corrected chi connectivity index (χ0v) is 15.3. The fourth-order valence-corrected chi connectivity index (χ4v) is 4.59. The van der Waals surface area contributed by atoms with Crippen molar-refractivity contribution in [1.82, 2.24) is 20.0 Å². The molecule has 136 valence electrons. The number of carbonyl (C=O) groups is 2. The molecule has 0 aromatic carbocycles. The highest BCUT2D eigenvalue weighted by Crippen LogP contribution is 2.28. The predicted molar refractivity (Wildman–Crippen MR) is 93.6 cm³/mol. The summed E-state index contributed by atoms with van der Waals surface area (Å²) in [6.45, 7) is 7.79. The van der Waals surface area contributed by atoms with E-state index in [4.69, 9.17) is 0 Å². The minimum absolute atomic E-state index is 0.0470. The van der Waals surface area contributed by atoms with Gasteiger partial charge >= 0.3 is 0 Å². The monoisotopic (exact) mass is 336 g/mol. The average molecular weight is 336 g/mol. The summed E-state index contributed by atoms with van der Waals surface area (Å²) in [4.78, 5) is 31.6. The number of rotatable bonds is 4. The van der Waals surface area contributed by atoms with Crippen molar-refractivity contribution >= 4 is 11.8 Å². The topological polar surface area (TPSA) is 55.9 Å². The van der Waals surface area contributed by atoms with Gasteiger partial charge in [0.15, 0.2) is 0 Å². The Morgan fingerprint density at radius 3 is 2.62 bits per heavy atom. The Hall–Kier alpha value is -1.14. The third-order valence-electron chi connectivity index (χ3n) is 6.10. The van der Waals surface area contributed by atoms with Gasteiger partial charge in [0.1, 0.15) is 6.04 Å². The van der Waals surface area contributed by atoms with Gasteiger partial charge in [0, 0.05) is 50.7 Å². The second-order valence-electron chi connectivity index (χ2n) is 7.82. The molecule has 3 heterocycles. The second kappa shape index (κ2) is 7.40. The van der Waals surface area contributed by atoms with Crippen LogP contribution in [0.4, 0.5) is 0 Å². The molecule has 3 fully saturated rings. The lowest BCUT2D eigenvalue weighted by Crippen LogP contribution is -2.51. The summed E-state index contributed by atoms with van der Waals surface area (Å²) in [6, 6.07) is 0.853. The van der Waals surface area contributed by atoms with Crippen LogP contribution in [0.3, 0.4) is 0 Å². The minimum atomic E-state index is -0.0470. The van der Waals surface area contributed by atoms with E-state index in [0.29, 0.717) is 19.0 Å². The Labute approximate surface area is 145 Å². The van der Waals surface area contributed by atoms with Crippen LogP contribution in [-0.2, 0) is 9.59 Å². The molecule has 3 unspecified atom stereocenters. The van der Waals surface area contributed by atoms with Gasteiger partial charge in [-0.1, -0.05) is 0 Å². The largest absolute Gasteiger partial charge is 0.353 e. The zero-order valence-electron chi connectivity index (χ0n) is 15.3.